The Morgan fingerprint density at radius 3 is 2.60 bits per heavy atom. The Morgan fingerprint density at radius 2 is 2.00 bits per heavy atom. The van der Waals surface area contributed by atoms with Crippen LogP contribution in [0.4, 0.5) is 0 Å². The molecule has 84 valence electrons. The van der Waals surface area contributed by atoms with E-state index < -0.39 is 0 Å². The fraction of sp³-hybridized carbons (Fsp3) is 0.538. The number of rotatable bonds is 4. The number of hydrogen-bond donors (Lipinski definition) is 1. The van der Waals surface area contributed by atoms with E-state index in [1.807, 2.05) is 0 Å². The minimum atomic E-state index is 0.438. The Labute approximate surface area is 93.1 Å². The standard InChI is InChI=1S/C13H22N2/c1-10-5-6-11(2)13(9-10)12(3)15(4)8-7-14/h5-6,9,12H,7-8,14H2,1-4H3. The predicted octanol–water partition coefficient (Wildman–Crippen LogP) is 2.25. The molecule has 0 radical (unpaired) electrons. The lowest BCUT2D eigenvalue weighted by Gasteiger charge is -2.26. The van der Waals surface area contributed by atoms with Crippen LogP contribution in [0.15, 0.2) is 18.2 Å². The summed E-state index contributed by atoms with van der Waals surface area (Å²) in [6.45, 7) is 8.19. The highest BCUT2D eigenvalue weighted by Gasteiger charge is 2.12. The fourth-order valence-corrected chi connectivity index (χ4v) is 1.84. The SMILES string of the molecule is Cc1ccc(C)c(C(C)N(C)CCN)c1. The first-order chi connectivity index (χ1) is 7.06. The van der Waals surface area contributed by atoms with E-state index in [-0.39, 0.29) is 0 Å². The molecule has 0 aliphatic heterocycles. The van der Waals surface area contributed by atoms with Gasteiger partial charge in [-0.05, 0) is 38.9 Å². The summed E-state index contributed by atoms with van der Waals surface area (Å²) in [6, 6.07) is 7.06. The van der Waals surface area contributed by atoms with Crippen LogP contribution in [-0.4, -0.2) is 25.0 Å². The minimum Gasteiger partial charge on any atom is -0.329 e. The number of nitrogens with two attached hydrogens (primary N) is 1. The van der Waals surface area contributed by atoms with Crippen molar-refractivity contribution in [3.63, 3.8) is 0 Å². The van der Waals surface area contributed by atoms with Crippen molar-refractivity contribution in [1.29, 1.82) is 0 Å². The van der Waals surface area contributed by atoms with Gasteiger partial charge >= 0.3 is 0 Å². The molecule has 0 saturated carbocycles. The predicted molar refractivity (Wildman–Crippen MR) is 66.0 cm³/mol. The fourth-order valence-electron chi connectivity index (χ4n) is 1.84. The lowest BCUT2D eigenvalue weighted by molar-refractivity contribution is 0.268. The number of benzene rings is 1. The number of likely N-dealkylation sites (N-methyl/N-ethyl adjacent to an activating group) is 1. The van der Waals surface area contributed by atoms with Crippen molar-refractivity contribution in [2.24, 2.45) is 5.73 Å². The summed E-state index contributed by atoms with van der Waals surface area (Å²) in [5.41, 5.74) is 9.66. The van der Waals surface area contributed by atoms with Crippen LogP contribution in [0.2, 0.25) is 0 Å². The maximum atomic E-state index is 5.57. The minimum absolute atomic E-state index is 0.438. The van der Waals surface area contributed by atoms with Crippen molar-refractivity contribution < 1.29 is 0 Å². The van der Waals surface area contributed by atoms with Crippen molar-refractivity contribution in [3.8, 4) is 0 Å². The summed E-state index contributed by atoms with van der Waals surface area (Å²) in [5, 5.41) is 0. The molecular weight excluding hydrogens is 184 g/mol. The van der Waals surface area contributed by atoms with Gasteiger partial charge in [-0.1, -0.05) is 23.8 Å². The summed E-state index contributed by atoms with van der Waals surface area (Å²) in [6.07, 6.45) is 0. The molecule has 1 rings (SSSR count). The first-order valence-corrected chi connectivity index (χ1v) is 5.53. The number of nitrogens with zero attached hydrogens (tertiary/aromatic N) is 1. The molecule has 1 unspecified atom stereocenters. The van der Waals surface area contributed by atoms with Gasteiger partial charge in [-0.2, -0.15) is 0 Å². The molecule has 0 aliphatic rings. The van der Waals surface area contributed by atoms with Gasteiger partial charge in [0, 0.05) is 19.1 Å². The first-order valence-electron chi connectivity index (χ1n) is 5.53. The second kappa shape index (κ2) is 5.29. The van der Waals surface area contributed by atoms with Gasteiger partial charge in [-0.25, -0.2) is 0 Å². The largest absolute Gasteiger partial charge is 0.329 e. The van der Waals surface area contributed by atoms with Gasteiger partial charge < -0.3 is 5.73 Å². The zero-order valence-corrected chi connectivity index (χ0v) is 10.2. The van der Waals surface area contributed by atoms with Crippen LogP contribution in [0.3, 0.4) is 0 Å². The molecular formula is C13H22N2. The third-order valence-electron chi connectivity index (χ3n) is 3.03. The molecule has 0 spiro atoms. The smallest absolute Gasteiger partial charge is 0.0320 e. The van der Waals surface area contributed by atoms with Crippen LogP contribution < -0.4 is 5.73 Å². The average Bonchev–Trinajstić information content (AvgIpc) is 2.21. The monoisotopic (exact) mass is 206 g/mol. The molecule has 1 aromatic rings. The van der Waals surface area contributed by atoms with Crippen molar-refractivity contribution in [2.45, 2.75) is 26.8 Å². The normalized spacial score (nSPS) is 13.2. The summed E-state index contributed by atoms with van der Waals surface area (Å²) in [5.74, 6) is 0. The Bertz CT molecular complexity index is 320. The van der Waals surface area contributed by atoms with Crippen LogP contribution in [0.25, 0.3) is 0 Å². The van der Waals surface area contributed by atoms with Crippen molar-refractivity contribution in [2.75, 3.05) is 20.1 Å². The molecule has 0 aliphatic carbocycles. The van der Waals surface area contributed by atoms with Crippen LogP contribution in [-0.2, 0) is 0 Å². The molecule has 1 aromatic carbocycles. The molecule has 0 fully saturated rings. The van der Waals surface area contributed by atoms with Crippen molar-refractivity contribution in [3.05, 3.63) is 34.9 Å². The Kier molecular flexibility index (Phi) is 4.30. The molecule has 15 heavy (non-hydrogen) atoms. The van der Waals surface area contributed by atoms with Gasteiger partial charge in [0.2, 0.25) is 0 Å². The highest BCUT2D eigenvalue weighted by Crippen LogP contribution is 2.22. The van der Waals surface area contributed by atoms with Gasteiger partial charge in [-0.15, -0.1) is 0 Å². The van der Waals surface area contributed by atoms with E-state index in [4.69, 9.17) is 5.73 Å². The third kappa shape index (κ3) is 3.05. The van der Waals surface area contributed by atoms with Gasteiger partial charge in [-0.3, -0.25) is 4.90 Å². The Hall–Kier alpha value is -0.860. The summed E-state index contributed by atoms with van der Waals surface area (Å²) >= 11 is 0. The van der Waals surface area contributed by atoms with E-state index in [0.29, 0.717) is 12.6 Å². The molecule has 2 nitrogen and oxygen atoms in total. The van der Waals surface area contributed by atoms with Crippen molar-refractivity contribution in [1.82, 2.24) is 4.90 Å². The topological polar surface area (TPSA) is 29.3 Å². The molecule has 0 heterocycles. The Balaban J connectivity index is 2.89. The lowest BCUT2D eigenvalue weighted by Crippen LogP contribution is -2.28. The van der Waals surface area contributed by atoms with Gasteiger partial charge in [0.25, 0.3) is 0 Å². The van der Waals surface area contributed by atoms with E-state index in [0.717, 1.165) is 6.54 Å². The van der Waals surface area contributed by atoms with Crippen molar-refractivity contribution >= 4 is 0 Å². The lowest BCUT2D eigenvalue weighted by atomic mass is 9.99. The highest BCUT2D eigenvalue weighted by molar-refractivity contribution is 5.32. The molecule has 2 N–H and O–H groups in total. The number of aryl methyl sites for hydroxylation is 2. The van der Waals surface area contributed by atoms with E-state index in [2.05, 4.69) is 50.9 Å². The summed E-state index contributed by atoms with van der Waals surface area (Å²) in [4.78, 5) is 2.29. The van der Waals surface area contributed by atoms with Gasteiger partial charge in [0.15, 0.2) is 0 Å². The van der Waals surface area contributed by atoms with Crippen LogP contribution in [0.1, 0.15) is 29.7 Å². The van der Waals surface area contributed by atoms with E-state index >= 15 is 0 Å². The highest BCUT2D eigenvalue weighted by atomic mass is 15.1. The van der Waals surface area contributed by atoms with Gasteiger partial charge in [0.1, 0.15) is 0 Å². The van der Waals surface area contributed by atoms with Crippen LogP contribution in [0, 0.1) is 13.8 Å². The molecule has 0 bridgehead atoms. The summed E-state index contributed by atoms with van der Waals surface area (Å²) < 4.78 is 0. The maximum Gasteiger partial charge on any atom is 0.0320 e. The van der Waals surface area contributed by atoms with E-state index in [9.17, 15) is 0 Å². The Morgan fingerprint density at radius 1 is 1.33 bits per heavy atom. The second-order valence-corrected chi connectivity index (χ2v) is 4.31. The average molecular weight is 206 g/mol. The molecule has 2 heteroatoms. The molecule has 0 amide bonds. The summed E-state index contributed by atoms with van der Waals surface area (Å²) in [7, 11) is 2.12. The van der Waals surface area contributed by atoms with E-state index in [1.165, 1.54) is 16.7 Å². The number of hydrogen-bond acceptors (Lipinski definition) is 2. The van der Waals surface area contributed by atoms with Crippen LogP contribution >= 0.6 is 0 Å². The quantitative estimate of drug-likeness (QED) is 0.818. The zero-order valence-electron chi connectivity index (χ0n) is 10.2. The van der Waals surface area contributed by atoms with Gasteiger partial charge in [0.05, 0.1) is 0 Å². The second-order valence-electron chi connectivity index (χ2n) is 4.31. The molecule has 0 saturated heterocycles. The molecule has 1 atom stereocenters. The van der Waals surface area contributed by atoms with Crippen LogP contribution in [0.5, 0.6) is 0 Å². The first kappa shape index (κ1) is 12.2. The van der Waals surface area contributed by atoms with E-state index in [1.54, 1.807) is 0 Å². The maximum absolute atomic E-state index is 5.57. The third-order valence-corrected chi connectivity index (χ3v) is 3.03. The molecule has 0 aromatic heterocycles. The zero-order chi connectivity index (χ0) is 11.4.